The van der Waals surface area contributed by atoms with Gasteiger partial charge in [-0.15, -0.1) is 0 Å². The molecule has 20 heavy (non-hydrogen) atoms. The van der Waals surface area contributed by atoms with E-state index >= 15 is 0 Å². The third-order valence-corrected chi connectivity index (χ3v) is 4.96. The number of carbonyl (C=O) groups excluding carboxylic acids is 1. The van der Waals surface area contributed by atoms with Gasteiger partial charge in [0, 0.05) is 12.6 Å². The highest BCUT2D eigenvalue weighted by atomic mass is 19.1. The lowest BCUT2D eigenvalue weighted by Crippen LogP contribution is -2.36. The summed E-state index contributed by atoms with van der Waals surface area (Å²) in [5, 5.41) is 0. The van der Waals surface area contributed by atoms with E-state index in [9.17, 15) is 9.18 Å². The number of likely N-dealkylation sites (tertiary alicyclic amines) is 1. The molecule has 2 bridgehead atoms. The molecule has 1 heterocycles. The SMILES string of the molecule is COC(=O)C1C2C[C@H](CC1c1ccc(F)cc1)N(C)C2. The maximum absolute atomic E-state index is 13.1. The van der Waals surface area contributed by atoms with Crippen molar-refractivity contribution in [1.82, 2.24) is 4.90 Å². The van der Waals surface area contributed by atoms with E-state index in [1.807, 2.05) is 0 Å². The molecule has 3 rings (SSSR count). The van der Waals surface area contributed by atoms with E-state index in [0.29, 0.717) is 12.0 Å². The second-order valence-corrected chi connectivity index (χ2v) is 6.03. The van der Waals surface area contributed by atoms with Crippen LogP contribution in [0.4, 0.5) is 4.39 Å². The fourth-order valence-electron chi connectivity index (χ4n) is 3.97. The van der Waals surface area contributed by atoms with Gasteiger partial charge in [-0.3, -0.25) is 4.79 Å². The quantitative estimate of drug-likeness (QED) is 0.778. The number of methoxy groups -OCH3 is 1. The first-order valence-electron chi connectivity index (χ1n) is 7.13. The highest BCUT2D eigenvalue weighted by Gasteiger charge is 2.48. The van der Waals surface area contributed by atoms with Crippen LogP contribution in [0, 0.1) is 17.7 Å². The first-order valence-corrected chi connectivity index (χ1v) is 7.13. The van der Waals surface area contributed by atoms with Crippen LogP contribution < -0.4 is 0 Å². The highest BCUT2D eigenvalue weighted by molar-refractivity contribution is 5.74. The molecular formula is C16H20FNO2. The molecule has 0 N–H and O–H groups in total. The largest absolute Gasteiger partial charge is 0.469 e. The fraction of sp³-hybridized carbons (Fsp3) is 0.562. The Balaban J connectivity index is 1.94. The smallest absolute Gasteiger partial charge is 0.309 e. The number of hydrogen-bond donors (Lipinski definition) is 0. The lowest BCUT2D eigenvalue weighted by atomic mass is 9.70. The third kappa shape index (κ3) is 2.22. The van der Waals surface area contributed by atoms with E-state index in [1.165, 1.54) is 19.2 Å². The van der Waals surface area contributed by atoms with E-state index < -0.39 is 0 Å². The van der Waals surface area contributed by atoms with E-state index in [1.54, 1.807) is 12.1 Å². The van der Waals surface area contributed by atoms with E-state index in [4.69, 9.17) is 4.74 Å². The number of carbonyl (C=O) groups is 1. The summed E-state index contributed by atoms with van der Waals surface area (Å²) in [6.07, 6.45) is 2.01. The van der Waals surface area contributed by atoms with Crippen molar-refractivity contribution in [2.75, 3.05) is 20.7 Å². The number of halogens is 1. The predicted octanol–water partition coefficient (Wildman–Crippen LogP) is 2.42. The number of hydrogen-bond acceptors (Lipinski definition) is 3. The van der Waals surface area contributed by atoms with Crippen molar-refractivity contribution in [3.8, 4) is 0 Å². The van der Waals surface area contributed by atoms with Crippen LogP contribution >= 0.6 is 0 Å². The predicted molar refractivity (Wildman–Crippen MR) is 73.8 cm³/mol. The topological polar surface area (TPSA) is 29.5 Å². The molecule has 3 unspecified atom stereocenters. The minimum Gasteiger partial charge on any atom is -0.469 e. The molecule has 1 aliphatic heterocycles. The molecule has 4 atom stereocenters. The van der Waals surface area contributed by atoms with Crippen LogP contribution in [0.25, 0.3) is 0 Å². The Morgan fingerprint density at radius 1 is 1.30 bits per heavy atom. The Hall–Kier alpha value is -1.42. The van der Waals surface area contributed by atoms with Crippen LogP contribution in [0.3, 0.4) is 0 Å². The molecule has 2 fully saturated rings. The summed E-state index contributed by atoms with van der Waals surface area (Å²) in [5.74, 6) is 0.0157. The van der Waals surface area contributed by atoms with Gasteiger partial charge < -0.3 is 9.64 Å². The summed E-state index contributed by atoms with van der Waals surface area (Å²) >= 11 is 0. The van der Waals surface area contributed by atoms with Crippen LogP contribution in [-0.2, 0) is 9.53 Å². The summed E-state index contributed by atoms with van der Waals surface area (Å²) in [7, 11) is 3.57. The van der Waals surface area contributed by atoms with Crippen LogP contribution in [0.15, 0.2) is 24.3 Å². The molecule has 1 aromatic rings. The average molecular weight is 277 g/mol. The first kappa shape index (κ1) is 13.6. The van der Waals surface area contributed by atoms with Gasteiger partial charge in [-0.05, 0) is 49.4 Å². The Kier molecular flexibility index (Phi) is 3.50. The minimum absolute atomic E-state index is 0.105. The van der Waals surface area contributed by atoms with Crippen molar-refractivity contribution in [2.24, 2.45) is 11.8 Å². The molecule has 4 heteroatoms. The van der Waals surface area contributed by atoms with Crippen LogP contribution in [0.2, 0.25) is 0 Å². The Morgan fingerprint density at radius 3 is 2.65 bits per heavy atom. The minimum atomic E-state index is -0.237. The van der Waals surface area contributed by atoms with Gasteiger partial charge in [0.25, 0.3) is 0 Å². The van der Waals surface area contributed by atoms with Crippen molar-refractivity contribution in [3.63, 3.8) is 0 Å². The number of ether oxygens (including phenoxy) is 1. The van der Waals surface area contributed by atoms with Crippen LogP contribution in [-0.4, -0.2) is 37.6 Å². The molecule has 0 spiro atoms. The molecule has 1 aliphatic carbocycles. The second-order valence-electron chi connectivity index (χ2n) is 6.03. The summed E-state index contributed by atoms with van der Waals surface area (Å²) in [6, 6.07) is 7.09. The van der Waals surface area contributed by atoms with E-state index in [-0.39, 0.29) is 23.6 Å². The average Bonchev–Trinajstić information content (AvgIpc) is 2.74. The Bertz CT molecular complexity index is 500. The Labute approximate surface area is 118 Å². The summed E-state index contributed by atoms with van der Waals surface area (Å²) < 4.78 is 18.1. The zero-order valence-electron chi connectivity index (χ0n) is 11.9. The maximum atomic E-state index is 13.1. The standard InChI is InChI=1S/C16H20FNO2/c1-18-9-11-7-13(18)8-14(15(11)16(19)20-2)10-3-5-12(17)6-4-10/h3-6,11,13-15H,7-9H2,1-2H3/t11?,13-,14?,15?/m1/s1. The molecule has 108 valence electrons. The lowest BCUT2D eigenvalue weighted by Gasteiger charge is -2.34. The van der Waals surface area contributed by atoms with Crippen molar-refractivity contribution < 1.29 is 13.9 Å². The van der Waals surface area contributed by atoms with Gasteiger partial charge in [0.1, 0.15) is 5.82 Å². The first-order chi connectivity index (χ1) is 9.60. The van der Waals surface area contributed by atoms with E-state index in [2.05, 4.69) is 11.9 Å². The maximum Gasteiger partial charge on any atom is 0.309 e. The number of fused-ring (bicyclic) bond motifs is 2. The third-order valence-electron chi connectivity index (χ3n) is 4.96. The van der Waals surface area contributed by atoms with Gasteiger partial charge in [-0.25, -0.2) is 4.39 Å². The molecule has 0 amide bonds. The highest BCUT2D eigenvalue weighted by Crippen LogP contribution is 2.47. The number of nitrogens with zero attached hydrogens (tertiary/aromatic N) is 1. The summed E-state index contributed by atoms with van der Waals surface area (Å²) in [5.41, 5.74) is 1.05. The van der Waals surface area contributed by atoms with Gasteiger partial charge in [0.05, 0.1) is 13.0 Å². The van der Waals surface area contributed by atoms with Gasteiger partial charge in [0.15, 0.2) is 0 Å². The molecule has 1 aromatic carbocycles. The van der Waals surface area contributed by atoms with Gasteiger partial charge in [-0.2, -0.15) is 0 Å². The van der Waals surface area contributed by atoms with Crippen molar-refractivity contribution in [3.05, 3.63) is 35.6 Å². The normalized spacial score (nSPS) is 33.1. The van der Waals surface area contributed by atoms with E-state index in [0.717, 1.165) is 24.9 Å². The molecule has 1 saturated heterocycles. The van der Waals surface area contributed by atoms with Crippen LogP contribution in [0.5, 0.6) is 0 Å². The lowest BCUT2D eigenvalue weighted by molar-refractivity contribution is -0.148. The number of benzene rings is 1. The molecule has 2 aliphatic rings. The molecular weight excluding hydrogens is 257 g/mol. The van der Waals surface area contributed by atoms with Crippen molar-refractivity contribution >= 4 is 5.97 Å². The summed E-state index contributed by atoms with van der Waals surface area (Å²) in [6.45, 7) is 0.947. The number of rotatable bonds is 2. The van der Waals surface area contributed by atoms with Gasteiger partial charge >= 0.3 is 5.97 Å². The molecule has 0 aromatic heterocycles. The molecule has 1 saturated carbocycles. The van der Waals surface area contributed by atoms with Crippen LogP contribution in [0.1, 0.15) is 24.3 Å². The number of esters is 1. The van der Waals surface area contributed by atoms with Gasteiger partial charge in [0.2, 0.25) is 0 Å². The van der Waals surface area contributed by atoms with Crippen molar-refractivity contribution in [1.29, 1.82) is 0 Å². The second kappa shape index (κ2) is 5.17. The van der Waals surface area contributed by atoms with Gasteiger partial charge in [-0.1, -0.05) is 12.1 Å². The fourth-order valence-corrected chi connectivity index (χ4v) is 3.97. The van der Waals surface area contributed by atoms with Crippen molar-refractivity contribution in [2.45, 2.75) is 24.8 Å². The molecule has 0 radical (unpaired) electrons. The Morgan fingerprint density at radius 2 is 2.00 bits per heavy atom. The zero-order chi connectivity index (χ0) is 14.3. The monoisotopic (exact) mass is 277 g/mol. The summed E-state index contributed by atoms with van der Waals surface area (Å²) in [4.78, 5) is 14.5. The zero-order valence-corrected chi connectivity index (χ0v) is 11.9. The molecule has 3 nitrogen and oxygen atoms in total.